The number of carbonyl (C=O) groups is 1. The minimum Gasteiger partial charge on any atom is -0.496 e. The molecule has 0 unspecified atom stereocenters. The molecule has 0 N–H and O–H groups in total. The summed E-state index contributed by atoms with van der Waals surface area (Å²) < 4.78 is 20.2. The molecule has 0 aliphatic carbocycles. The number of hydrogen-bond acceptors (Lipinski definition) is 4. The molecule has 30 heavy (non-hydrogen) atoms. The van der Waals surface area contributed by atoms with Crippen LogP contribution in [0, 0.1) is 5.82 Å². The lowest BCUT2D eigenvalue weighted by Gasteiger charge is -2.22. The molecule has 0 saturated carbocycles. The van der Waals surface area contributed by atoms with Crippen LogP contribution in [0.1, 0.15) is 20.9 Å². The maximum atomic E-state index is 13.3. The number of rotatable bonds is 7. The predicted molar refractivity (Wildman–Crippen MR) is 114 cm³/mol. The van der Waals surface area contributed by atoms with E-state index in [0.717, 1.165) is 16.2 Å². The summed E-state index contributed by atoms with van der Waals surface area (Å²) in [5, 5.41) is 6.41. The Bertz CT molecular complexity index is 1120. The highest BCUT2D eigenvalue weighted by molar-refractivity contribution is 7.09. The second-order valence-corrected chi connectivity index (χ2v) is 7.71. The Morgan fingerprint density at radius 2 is 1.87 bits per heavy atom. The van der Waals surface area contributed by atoms with Crippen LogP contribution in [-0.4, -0.2) is 27.7 Å². The molecule has 0 spiro atoms. The molecule has 0 radical (unpaired) electrons. The Hall–Kier alpha value is -3.45. The molecule has 2 aromatic carbocycles. The molecule has 2 heterocycles. The van der Waals surface area contributed by atoms with E-state index < -0.39 is 0 Å². The van der Waals surface area contributed by atoms with E-state index in [-0.39, 0.29) is 11.7 Å². The van der Waals surface area contributed by atoms with Crippen molar-refractivity contribution < 1.29 is 13.9 Å². The highest BCUT2D eigenvalue weighted by Crippen LogP contribution is 2.23. The van der Waals surface area contributed by atoms with Crippen LogP contribution in [0.3, 0.4) is 0 Å². The molecular weight excluding hydrogens is 401 g/mol. The van der Waals surface area contributed by atoms with Gasteiger partial charge in [-0.2, -0.15) is 5.10 Å². The van der Waals surface area contributed by atoms with Crippen molar-refractivity contribution in [2.24, 2.45) is 0 Å². The minimum absolute atomic E-state index is 0.185. The van der Waals surface area contributed by atoms with Crippen molar-refractivity contribution >= 4 is 17.2 Å². The first-order valence-corrected chi connectivity index (χ1v) is 10.3. The molecule has 0 saturated heterocycles. The summed E-state index contributed by atoms with van der Waals surface area (Å²) in [6, 6.07) is 19.3. The lowest BCUT2D eigenvalue weighted by atomic mass is 10.1. The van der Waals surface area contributed by atoms with Gasteiger partial charge in [-0.25, -0.2) is 9.07 Å². The zero-order chi connectivity index (χ0) is 20.9. The summed E-state index contributed by atoms with van der Waals surface area (Å²) in [6.45, 7) is 0.863. The number of thiophene rings is 1. The molecule has 4 rings (SSSR count). The quantitative estimate of drug-likeness (QED) is 0.425. The summed E-state index contributed by atoms with van der Waals surface area (Å²) in [4.78, 5) is 16.2. The molecule has 7 heteroatoms. The molecule has 0 fully saturated rings. The van der Waals surface area contributed by atoms with Gasteiger partial charge in [-0.15, -0.1) is 11.3 Å². The molecule has 152 valence electrons. The van der Waals surface area contributed by atoms with E-state index in [1.165, 1.54) is 12.1 Å². The lowest BCUT2D eigenvalue weighted by molar-refractivity contribution is 0.0724. The fraction of sp³-hybridized carbons (Fsp3) is 0.130. The minimum atomic E-state index is -0.318. The third-order valence-corrected chi connectivity index (χ3v) is 5.53. The average Bonchev–Trinajstić information content (AvgIpc) is 3.46. The van der Waals surface area contributed by atoms with Gasteiger partial charge in [0.25, 0.3) is 5.91 Å². The van der Waals surface area contributed by atoms with Gasteiger partial charge in [0.2, 0.25) is 0 Å². The van der Waals surface area contributed by atoms with Gasteiger partial charge in [0.15, 0.2) is 5.69 Å². The number of amides is 1. The number of hydrogen-bond donors (Lipinski definition) is 0. The number of aromatic nitrogens is 2. The van der Waals surface area contributed by atoms with Crippen LogP contribution >= 0.6 is 11.3 Å². The average molecular weight is 421 g/mol. The summed E-state index contributed by atoms with van der Waals surface area (Å²) >= 11 is 1.60. The van der Waals surface area contributed by atoms with E-state index in [1.807, 2.05) is 41.8 Å². The molecule has 0 atom stereocenters. The molecule has 1 amide bonds. The van der Waals surface area contributed by atoms with Gasteiger partial charge in [-0.1, -0.05) is 24.3 Å². The SMILES string of the molecule is COc1ccccc1CN(Cc1cccs1)C(=O)c1ccn(-c2ccc(F)cc2)n1. The number of para-hydroxylation sites is 1. The van der Waals surface area contributed by atoms with Crippen molar-refractivity contribution in [1.82, 2.24) is 14.7 Å². The summed E-state index contributed by atoms with van der Waals surface area (Å²) in [5.74, 6) is 0.231. The monoisotopic (exact) mass is 421 g/mol. The Morgan fingerprint density at radius 3 is 2.60 bits per heavy atom. The van der Waals surface area contributed by atoms with Gasteiger partial charge in [-0.05, 0) is 47.8 Å². The van der Waals surface area contributed by atoms with Crippen molar-refractivity contribution in [2.75, 3.05) is 7.11 Å². The number of carbonyl (C=O) groups excluding carboxylic acids is 1. The molecule has 2 aromatic heterocycles. The fourth-order valence-electron chi connectivity index (χ4n) is 3.17. The number of ether oxygens (including phenoxy) is 1. The summed E-state index contributed by atoms with van der Waals surface area (Å²) in [5.41, 5.74) is 1.93. The largest absolute Gasteiger partial charge is 0.496 e. The second-order valence-electron chi connectivity index (χ2n) is 6.67. The first-order valence-electron chi connectivity index (χ1n) is 9.39. The number of halogens is 1. The maximum absolute atomic E-state index is 13.3. The lowest BCUT2D eigenvalue weighted by Crippen LogP contribution is -2.30. The van der Waals surface area contributed by atoms with E-state index in [4.69, 9.17) is 4.74 Å². The van der Waals surface area contributed by atoms with Crippen LogP contribution in [0.15, 0.2) is 78.3 Å². The molecule has 4 aromatic rings. The van der Waals surface area contributed by atoms with Crippen molar-refractivity contribution in [3.8, 4) is 11.4 Å². The standard InChI is InChI=1S/C23H20FN3O2S/c1-29-22-7-3-2-5-17(22)15-26(16-20-6-4-14-30-20)23(28)21-12-13-27(25-21)19-10-8-18(24)9-11-19/h2-14H,15-16H2,1H3. The van der Waals surface area contributed by atoms with E-state index >= 15 is 0 Å². The predicted octanol–water partition coefficient (Wildman–Crippen LogP) is 4.92. The zero-order valence-electron chi connectivity index (χ0n) is 16.4. The maximum Gasteiger partial charge on any atom is 0.274 e. The van der Waals surface area contributed by atoms with Gasteiger partial charge in [0.1, 0.15) is 11.6 Å². The Balaban J connectivity index is 1.61. The Labute approximate surface area is 178 Å². The van der Waals surface area contributed by atoms with Gasteiger partial charge in [-0.3, -0.25) is 4.79 Å². The van der Waals surface area contributed by atoms with E-state index in [0.29, 0.717) is 24.5 Å². The van der Waals surface area contributed by atoms with Crippen molar-refractivity contribution in [3.63, 3.8) is 0 Å². The van der Waals surface area contributed by atoms with Gasteiger partial charge in [0, 0.05) is 16.6 Å². The first kappa shape index (κ1) is 19.8. The van der Waals surface area contributed by atoms with Crippen LogP contribution in [0.25, 0.3) is 5.69 Å². The number of benzene rings is 2. The molecule has 0 aliphatic heterocycles. The van der Waals surface area contributed by atoms with E-state index in [1.54, 1.807) is 52.4 Å². The molecule has 0 bridgehead atoms. The third kappa shape index (κ3) is 4.41. The second kappa shape index (κ2) is 8.92. The molecule has 0 aliphatic rings. The number of methoxy groups -OCH3 is 1. The highest BCUT2D eigenvalue weighted by atomic mass is 32.1. The van der Waals surface area contributed by atoms with Gasteiger partial charge < -0.3 is 9.64 Å². The van der Waals surface area contributed by atoms with Gasteiger partial charge in [0.05, 0.1) is 25.9 Å². The summed E-state index contributed by atoms with van der Waals surface area (Å²) in [6.07, 6.45) is 1.70. The number of nitrogens with zero attached hydrogens (tertiary/aromatic N) is 3. The Morgan fingerprint density at radius 1 is 1.07 bits per heavy atom. The van der Waals surface area contributed by atoms with E-state index in [9.17, 15) is 9.18 Å². The Kier molecular flexibility index (Phi) is 5.90. The third-order valence-electron chi connectivity index (χ3n) is 4.67. The topological polar surface area (TPSA) is 47.4 Å². The van der Waals surface area contributed by atoms with Crippen molar-refractivity contribution in [2.45, 2.75) is 13.1 Å². The summed E-state index contributed by atoms with van der Waals surface area (Å²) in [7, 11) is 1.62. The van der Waals surface area contributed by atoms with E-state index in [2.05, 4.69) is 5.10 Å². The van der Waals surface area contributed by atoms with Crippen molar-refractivity contribution in [3.05, 3.63) is 100 Å². The van der Waals surface area contributed by atoms with Gasteiger partial charge >= 0.3 is 0 Å². The first-order chi connectivity index (χ1) is 14.6. The molecule has 5 nitrogen and oxygen atoms in total. The van der Waals surface area contributed by atoms with Crippen LogP contribution < -0.4 is 4.74 Å². The highest BCUT2D eigenvalue weighted by Gasteiger charge is 2.21. The molecular formula is C23H20FN3O2S. The fourth-order valence-corrected chi connectivity index (χ4v) is 3.89. The van der Waals surface area contributed by atoms with Crippen LogP contribution in [-0.2, 0) is 13.1 Å². The van der Waals surface area contributed by atoms with Crippen LogP contribution in [0.2, 0.25) is 0 Å². The van der Waals surface area contributed by atoms with Crippen molar-refractivity contribution in [1.29, 1.82) is 0 Å². The zero-order valence-corrected chi connectivity index (χ0v) is 17.2. The smallest absolute Gasteiger partial charge is 0.274 e. The van der Waals surface area contributed by atoms with Crippen LogP contribution in [0.4, 0.5) is 4.39 Å². The van der Waals surface area contributed by atoms with Crippen LogP contribution in [0.5, 0.6) is 5.75 Å². The normalized spacial score (nSPS) is 10.7.